The van der Waals surface area contributed by atoms with Crippen molar-refractivity contribution in [2.75, 3.05) is 26.3 Å². The van der Waals surface area contributed by atoms with E-state index in [0.717, 1.165) is 12.2 Å². The van der Waals surface area contributed by atoms with E-state index in [1.54, 1.807) is 15.8 Å². The molecule has 2 heterocycles. The molecule has 1 atom stereocenters. The van der Waals surface area contributed by atoms with E-state index < -0.39 is 5.41 Å². The van der Waals surface area contributed by atoms with Crippen molar-refractivity contribution in [1.29, 1.82) is 0 Å². The van der Waals surface area contributed by atoms with E-state index in [4.69, 9.17) is 9.47 Å². The van der Waals surface area contributed by atoms with Crippen molar-refractivity contribution in [1.82, 2.24) is 14.7 Å². The second-order valence-corrected chi connectivity index (χ2v) is 7.35. The van der Waals surface area contributed by atoms with Gasteiger partial charge in [0.05, 0.1) is 18.6 Å². The van der Waals surface area contributed by atoms with E-state index in [1.807, 2.05) is 49.5 Å². The summed E-state index contributed by atoms with van der Waals surface area (Å²) in [7, 11) is 0. The van der Waals surface area contributed by atoms with Crippen LogP contribution in [0.25, 0.3) is 0 Å². The lowest BCUT2D eigenvalue weighted by Gasteiger charge is -2.41. The third-order valence-corrected chi connectivity index (χ3v) is 5.34. The minimum absolute atomic E-state index is 0.0397. The van der Waals surface area contributed by atoms with E-state index in [1.165, 1.54) is 0 Å². The van der Waals surface area contributed by atoms with Crippen LogP contribution in [0, 0.1) is 5.41 Å². The molecule has 156 valence electrons. The summed E-state index contributed by atoms with van der Waals surface area (Å²) < 4.78 is 13.0. The van der Waals surface area contributed by atoms with Crippen LogP contribution in [0.2, 0.25) is 0 Å². The van der Waals surface area contributed by atoms with Gasteiger partial charge in [0.15, 0.2) is 0 Å². The zero-order valence-corrected chi connectivity index (χ0v) is 17.0. The zero-order valence-electron chi connectivity index (χ0n) is 17.0. The third kappa shape index (κ3) is 5.59. The molecule has 2 aromatic rings. The number of aromatic nitrogens is 2. The van der Waals surface area contributed by atoms with Gasteiger partial charge in [0, 0.05) is 38.4 Å². The molecule has 1 saturated heterocycles. The van der Waals surface area contributed by atoms with Crippen LogP contribution in [0.5, 0.6) is 5.75 Å². The standard InChI is InChI=1S/C22H29N3O4/c1-2-28-21(27)22(12-17-29-19-8-4-3-5-9-19)11-6-14-24(18-22)20(26)10-16-25-15-7-13-23-25/h3-5,7-9,13,15H,2,6,10-12,14,16-18H2,1H3/t22-/m0/s1. The Balaban J connectivity index is 1.62. The molecule has 29 heavy (non-hydrogen) atoms. The summed E-state index contributed by atoms with van der Waals surface area (Å²) in [6.07, 6.45) is 5.90. The summed E-state index contributed by atoms with van der Waals surface area (Å²) in [5.41, 5.74) is -0.718. The number of carbonyl (C=O) groups excluding carboxylic acids is 2. The fourth-order valence-corrected chi connectivity index (χ4v) is 3.78. The van der Waals surface area contributed by atoms with Crippen LogP contribution in [-0.4, -0.2) is 52.9 Å². The summed E-state index contributed by atoms with van der Waals surface area (Å²) in [4.78, 5) is 27.4. The Morgan fingerprint density at radius 1 is 1.21 bits per heavy atom. The van der Waals surface area contributed by atoms with Gasteiger partial charge in [-0.1, -0.05) is 18.2 Å². The highest BCUT2D eigenvalue weighted by atomic mass is 16.5. The van der Waals surface area contributed by atoms with Gasteiger partial charge in [0.25, 0.3) is 0 Å². The number of benzene rings is 1. The van der Waals surface area contributed by atoms with Crippen molar-refractivity contribution in [2.45, 2.75) is 39.2 Å². The van der Waals surface area contributed by atoms with Crippen LogP contribution in [0.1, 0.15) is 32.6 Å². The monoisotopic (exact) mass is 399 g/mol. The molecular weight excluding hydrogens is 370 g/mol. The number of para-hydroxylation sites is 1. The van der Waals surface area contributed by atoms with Crippen LogP contribution in [-0.2, 0) is 20.9 Å². The largest absolute Gasteiger partial charge is 0.494 e. The van der Waals surface area contributed by atoms with E-state index in [2.05, 4.69) is 5.10 Å². The molecule has 1 aliphatic heterocycles. The van der Waals surface area contributed by atoms with Gasteiger partial charge in [-0.05, 0) is 44.4 Å². The molecule has 1 aliphatic rings. The minimum atomic E-state index is -0.718. The number of amides is 1. The number of aryl methyl sites for hydroxylation is 1. The predicted molar refractivity (Wildman–Crippen MR) is 108 cm³/mol. The van der Waals surface area contributed by atoms with Crippen molar-refractivity contribution in [3.05, 3.63) is 48.8 Å². The van der Waals surface area contributed by atoms with Gasteiger partial charge in [0.2, 0.25) is 5.91 Å². The molecule has 0 bridgehead atoms. The van der Waals surface area contributed by atoms with Gasteiger partial charge in [-0.25, -0.2) is 0 Å². The summed E-state index contributed by atoms with van der Waals surface area (Å²) in [5, 5.41) is 4.14. The SMILES string of the molecule is CCOC(=O)[C@]1(CCOc2ccccc2)CCCN(C(=O)CCn2cccn2)C1. The number of piperidine rings is 1. The predicted octanol–water partition coefficient (Wildman–Crippen LogP) is 2.91. The number of carbonyl (C=O) groups is 2. The number of esters is 1. The first-order chi connectivity index (χ1) is 14.1. The van der Waals surface area contributed by atoms with Crippen LogP contribution in [0.15, 0.2) is 48.8 Å². The molecule has 1 aromatic heterocycles. The number of nitrogens with zero attached hydrogens (tertiary/aromatic N) is 3. The maximum absolute atomic E-state index is 12.8. The lowest BCUT2D eigenvalue weighted by Crippen LogP contribution is -2.51. The minimum Gasteiger partial charge on any atom is -0.494 e. The molecule has 0 aliphatic carbocycles. The zero-order chi connectivity index (χ0) is 20.5. The summed E-state index contributed by atoms with van der Waals surface area (Å²) in [6, 6.07) is 11.4. The van der Waals surface area contributed by atoms with Crippen molar-refractivity contribution in [2.24, 2.45) is 5.41 Å². The Morgan fingerprint density at radius 3 is 2.76 bits per heavy atom. The normalized spacial score (nSPS) is 19.0. The highest BCUT2D eigenvalue weighted by Gasteiger charge is 2.44. The quantitative estimate of drug-likeness (QED) is 0.606. The van der Waals surface area contributed by atoms with E-state index in [9.17, 15) is 9.59 Å². The summed E-state index contributed by atoms with van der Waals surface area (Å²) in [6.45, 7) is 4.11. The molecule has 3 rings (SSSR count). The van der Waals surface area contributed by atoms with Gasteiger partial charge in [-0.3, -0.25) is 14.3 Å². The molecule has 7 heteroatoms. The Bertz CT molecular complexity index is 779. The van der Waals surface area contributed by atoms with Gasteiger partial charge in [-0.2, -0.15) is 5.10 Å². The molecule has 0 spiro atoms. The highest BCUT2D eigenvalue weighted by molar-refractivity contribution is 5.80. The second kappa shape index (κ2) is 10.1. The highest BCUT2D eigenvalue weighted by Crippen LogP contribution is 2.35. The first kappa shape index (κ1) is 20.9. The molecule has 1 fully saturated rings. The lowest BCUT2D eigenvalue weighted by atomic mass is 9.77. The molecule has 0 saturated carbocycles. The van der Waals surface area contributed by atoms with Gasteiger partial charge < -0.3 is 14.4 Å². The van der Waals surface area contributed by atoms with Crippen molar-refractivity contribution >= 4 is 11.9 Å². The fraction of sp³-hybridized carbons (Fsp3) is 0.500. The lowest BCUT2D eigenvalue weighted by molar-refractivity contribution is -0.162. The van der Waals surface area contributed by atoms with Crippen molar-refractivity contribution < 1.29 is 19.1 Å². The number of hydrogen-bond acceptors (Lipinski definition) is 5. The Hall–Kier alpha value is -2.83. The number of likely N-dealkylation sites (tertiary alicyclic amines) is 1. The Labute approximate surface area is 171 Å². The smallest absolute Gasteiger partial charge is 0.314 e. The summed E-state index contributed by atoms with van der Waals surface area (Å²) in [5.74, 6) is 0.577. The van der Waals surface area contributed by atoms with Gasteiger partial charge in [0.1, 0.15) is 5.75 Å². The van der Waals surface area contributed by atoms with Crippen LogP contribution >= 0.6 is 0 Å². The molecule has 0 N–H and O–H groups in total. The fourth-order valence-electron chi connectivity index (χ4n) is 3.78. The van der Waals surface area contributed by atoms with Crippen molar-refractivity contribution in [3.8, 4) is 5.75 Å². The number of rotatable bonds is 9. The number of hydrogen-bond donors (Lipinski definition) is 0. The first-order valence-electron chi connectivity index (χ1n) is 10.2. The molecule has 7 nitrogen and oxygen atoms in total. The van der Waals surface area contributed by atoms with E-state index in [0.29, 0.717) is 52.1 Å². The Kier molecular flexibility index (Phi) is 7.27. The Morgan fingerprint density at radius 2 is 2.03 bits per heavy atom. The van der Waals surface area contributed by atoms with Crippen molar-refractivity contribution in [3.63, 3.8) is 0 Å². The molecular formula is C22H29N3O4. The average Bonchev–Trinajstić information content (AvgIpc) is 3.27. The van der Waals surface area contributed by atoms with Crippen LogP contribution in [0.3, 0.4) is 0 Å². The van der Waals surface area contributed by atoms with E-state index in [-0.39, 0.29) is 11.9 Å². The van der Waals surface area contributed by atoms with E-state index >= 15 is 0 Å². The van der Waals surface area contributed by atoms with Crippen LogP contribution < -0.4 is 4.74 Å². The maximum atomic E-state index is 12.8. The van der Waals surface area contributed by atoms with Gasteiger partial charge in [-0.15, -0.1) is 0 Å². The molecule has 1 amide bonds. The summed E-state index contributed by atoms with van der Waals surface area (Å²) >= 11 is 0. The van der Waals surface area contributed by atoms with Gasteiger partial charge >= 0.3 is 5.97 Å². The molecule has 0 radical (unpaired) electrons. The molecule has 1 aromatic carbocycles. The average molecular weight is 399 g/mol. The maximum Gasteiger partial charge on any atom is 0.314 e. The molecule has 0 unspecified atom stereocenters. The number of ether oxygens (including phenoxy) is 2. The van der Waals surface area contributed by atoms with Crippen LogP contribution in [0.4, 0.5) is 0 Å². The topological polar surface area (TPSA) is 73.7 Å². The first-order valence-corrected chi connectivity index (χ1v) is 10.2. The third-order valence-electron chi connectivity index (χ3n) is 5.34. The second-order valence-electron chi connectivity index (χ2n) is 7.35.